The molecule has 1 unspecified atom stereocenters. The quantitative estimate of drug-likeness (QED) is 0.483. The summed E-state index contributed by atoms with van der Waals surface area (Å²) in [5.41, 5.74) is 0.796. The van der Waals surface area contributed by atoms with Gasteiger partial charge in [-0.15, -0.1) is 0 Å². The molecule has 0 spiro atoms. The number of aryl methyl sites for hydroxylation is 1. The van der Waals surface area contributed by atoms with Crippen LogP contribution in [-0.4, -0.2) is 5.78 Å². The topological polar surface area (TPSA) is 47.3 Å². The first-order valence-corrected chi connectivity index (χ1v) is 7.75. The highest BCUT2D eigenvalue weighted by atomic mass is 16.4. The summed E-state index contributed by atoms with van der Waals surface area (Å²) in [6, 6.07) is 7.29. The van der Waals surface area contributed by atoms with Crippen LogP contribution in [0.5, 0.6) is 0 Å². The number of benzene rings is 1. The fraction of sp³-hybridized carbons (Fsp3) is 0.316. The molecule has 1 aromatic carbocycles. The van der Waals surface area contributed by atoms with E-state index in [2.05, 4.69) is 6.42 Å². The zero-order chi connectivity index (χ0) is 15.5. The molecule has 3 rings (SSSR count). The Morgan fingerprint density at radius 2 is 2.09 bits per heavy atom. The predicted octanol–water partition coefficient (Wildman–Crippen LogP) is 4.23. The molecule has 0 amide bonds. The minimum Gasteiger partial charge on any atom is -0.422 e. The van der Waals surface area contributed by atoms with Crippen molar-refractivity contribution in [1.29, 1.82) is 0 Å². The third-order valence-electron chi connectivity index (χ3n) is 4.28. The van der Waals surface area contributed by atoms with Gasteiger partial charge < -0.3 is 4.42 Å². The second-order valence-corrected chi connectivity index (χ2v) is 5.79. The van der Waals surface area contributed by atoms with E-state index in [1.807, 2.05) is 24.3 Å². The van der Waals surface area contributed by atoms with Crippen molar-refractivity contribution < 1.29 is 9.21 Å². The molecule has 1 atom stereocenters. The Balaban J connectivity index is 1.93. The van der Waals surface area contributed by atoms with E-state index in [9.17, 15) is 9.59 Å². The van der Waals surface area contributed by atoms with Crippen LogP contribution in [0.2, 0.25) is 0 Å². The van der Waals surface area contributed by atoms with Gasteiger partial charge in [0.25, 0.3) is 0 Å². The molecule has 0 bridgehead atoms. The van der Waals surface area contributed by atoms with Crippen LogP contribution in [-0.2, 0) is 0 Å². The van der Waals surface area contributed by atoms with Crippen LogP contribution in [0.3, 0.4) is 0 Å². The van der Waals surface area contributed by atoms with Gasteiger partial charge in [-0.3, -0.25) is 4.79 Å². The number of carbonyl (C=O) groups is 1. The third kappa shape index (κ3) is 2.89. The Morgan fingerprint density at radius 3 is 2.86 bits per heavy atom. The van der Waals surface area contributed by atoms with Crippen molar-refractivity contribution in [2.75, 3.05) is 0 Å². The van der Waals surface area contributed by atoms with E-state index in [0.29, 0.717) is 17.1 Å². The maximum atomic E-state index is 12.4. The molecule has 3 nitrogen and oxygen atoms in total. The number of fused-ring (bicyclic) bond motifs is 1. The van der Waals surface area contributed by atoms with E-state index in [1.54, 1.807) is 13.0 Å². The average molecular weight is 295 g/mol. The number of rotatable bonds is 3. The molecule has 113 valence electrons. The average Bonchev–Trinajstić information content (AvgIpc) is 2.54. The SMILES string of the molecule is Cc1c(C(=O)/C=C/C2[CH]CCCC2)c(=O)oc2ccccc12. The van der Waals surface area contributed by atoms with Crippen molar-refractivity contribution in [1.82, 2.24) is 0 Å². The van der Waals surface area contributed by atoms with Crippen molar-refractivity contribution in [3.05, 3.63) is 64.4 Å². The van der Waals surface area contributed by atoms with E-state index >= 15 is 0 Å². The summed E-state index contributed by atoms with van der Waals surface area (Å²) < 4.78 is 5.27. The van der Waals surface area contributed by atoms with Gasteiger partial charge in [0.05, 0.1) is 0 Å². The molecule has 3 heteroatoms. The molecule has 2 aromatic rings. The van der Waals surface area contributed by atoms with Gasteiger partial charge in [0, 0.05) is 5.39 Å². The number of hydrogen-bond acceptors (Lipinski definition) is 3. The summed E-state index contributed by atoms with van der Waals surface area (Å²) in [6.45, 7) is 1.80. The van der Waals surface area contributed by atoms with Crippen molar-refractivity contribution in [3.8, 4) is 0 Å². The van der Waals surface area contributed by atoms with E-state index in [-0.39, 0.29) is 11.3 Å². The maximum absolute atomic E-state index is 12.4. The highest BCUT2D eigenvalue weighted by Gasteiger charge is 2.17. The van der Waals surface area contributed by atoms with Crippen molar-refractivity contribution in [2.24, 2.45) is 5.92 Å². The Labute approximate surface area is 129 Å². The monoisotopic (exact) mass is 295 g/mol. The van der Waals surface area contributed by atoms with Crippen molar-refractivity contribution in [3.63, 3.8) is 0 Å². The summed E-state index contributed by atoms with van der Waals surface area (Å²) in [5.74, 6) is 0.0708. The molecule has 1 saturated carbocycles. The van der Waals surface area contributed by atoms with E-state index in [0.717, 1.165) is 18.2 Å². The lowest BCUT2D eigenvalue weighted by molar-refractivity contribution is 0.104. The first-order valence-electron chi connectivity index (χ1n) is 7.75. The molecular formula is C19H19O3. The summed E-state index contributed by atoms with van der Waals surface area (Å²) in [7, 11) is 0. The predicted molar refractivity (Wildman–Crippen MR) is 86.9 cm³/mol. The number of carbonyl (C=O) groups excluding carboxylic acids is 1. The van der Waals surface area contributed by atoms with Gasteiger partial charge >= 0.3 is 5.63 Å². The minimum atomic E-state index is -0.557. The molecule has 22 heavy (non-hydrogen) atoms. The standard InChI is InChI=1S/C19H19O3/c1-13-15-9-5-6-10-17(15)22-19(21)18(13)16(20)12-11-14-7-3-2-4-8-14/h5-7,9-12,14H,2-4,8H2,1H3/b12-11+. The molecule has 1 radical (unpaired) electrons. The van der Waals surface area contributed by atoms with Gasteiger partial charge in [-0.1, -0.05) is 37.1 Å². The first kappa shape index (κ1) is 14.8. The van der Waals surface area contributed by atoms with E-state index < -0.39 is 5.63 Å². The third-order valence-corrected chi connectivity index (χ3v) is 4.28. The molecule has 0 saturated heterocycles. The van der Waals surface area contributed by atoms with Gasteiger partial charge in [0.2, 0.25) is 0 Å². The summed E-state index contributed by atoms with van der Waals surface area (Å²) in [6.07, 6.45) is 10.3. The largest absolute Gasteiger partial charge is 0.422 e. The molecule has 1 aliphatic carbocycles. The second-order valence-electron chi connectivity index (χ2n) is 5.79. The van der Waals surface area contributed by atoms with Crippen LogP contribution in [0, 0.1) is 19.3 Å². The van der Waals surface area contributed by atoms with Crippen molar-refractivity contribution in [2.45, 2.75) is 32.6 Å². The molecule has 1 aliphatic rings. The Kier molecular flexibility index (Phi) is 4.23. The highest BCUT2D eigenvalue weighted by Crippen LogP contribution is 2.24. The van der Waals surface area contributed by atoms with Gasteiger partial charge in [0.1, 0.15) is 11.1 Å². The zero-order valence-electron chi connectivity index (χ0n) is 12.7. The highest BCUT2D eigenvalue weighted by molar-refractivity contribution is 6.07. The maximum Gasteiger partial charge on any atom is 0.347 e. The van der Waals surface area contributed by atoms with Gasteiger partial charge in [-0.25, -0.2) is 4.79 Å². The van der Waals surface area contributed by atoms with Gasteiger partial charge in [-0.05, 0) is 49.8 Å². The molecule has 1 aromatic heterocycles. The number of para-hydroxylation sites is 1. The minimum absolute atomic E-state index is 0.144. The Bertz CT molecular complexity index is 777. The number of hydrogen-bond donors (Lipinski definition) is 0. The first-order chi connectivity index (χ1) is 10.7. The lowest BCUT2D eigenvalue weighted by atomic mass is 9.88. The zero-order valence-corrected chi connectivity index (χ0v) is 12.7. The van der Waals surface area contributed by atoms with Gasteiger partial charge in [-0.2, -0.15) is 0 Å². The summed E-state index contributed by atoms with van der Waals surface area (Å²) >= 11 is 0. The van der Waals surface area contributed by atoms with Crippen molar-refractivity contribution >= 4 is 16.8 Å². The lowest BCUT2D eigenvalue weighted by Gasteiger charge is -2.17. The molecule has 0 aliphatic heterocycles. The Morgan fingerprint density at radius 1 is 1.27 bits per heavy atom. The van der Waals surface area contributed by atoms with Crippen LogP contribution in [0.15, 0.2) is 45.6 Å². The molecule has 1 heterocycles. The molecule has 1 fully saturated rings. The molecular weight excluding hydrogens is 276 g/mol. The van der Waals surface area contributed by atoms with Crippen LogP contribution in [0.4, 0.5) is 0 Å². The second kappa shape index (κ2) is 6.30. The lowest BCUT2D eigenvalue weighted by Crippen LogP contribution is -2.15. The van der Waals surface area contributed by atoms with Crippen LogP contribution in [0.25, 0.3) is 11.0 Å². The number of allylic oxidation sites excluding steroid dienone is 2. The Hall–Kier alpha value is -2.16. The fourth-order valence-corrected chi connectivity index (χ4v) is 3.03. The normalized spacial score (nSPS) is 16.4. The van der Waals surface area contributed by atoms with Crippen LogP contribution in [0.1, 0.15) is 41.6 Å². The summed E-state index contributed by atoms with van der Waals surface area (Å²) in [5, 5.41) is 0.808. The smallest absolute Gasteiger partial charge is 0.347 e. The fourth-order valence-electron chi connectivity index (χ4n) is 3.03. The molecule has 0 N–H and O–H groups in total. The van der Waals surface area contributed by atoms with Crippen LogP contribution >= 0.6 is 0 Å². The van der Waals surface area contributed by atoms with Crippen LogP contribution < -0.4 is 5.63 Å². The van der Waals surface area contributed by atoms with E-state index in [4.69, 9.17) is 4.42 Å². The van der Waals surface area contributed by atoms with E-state index in [1.165, 1.54) is 18.9 Å². The number of ketones is 1. The summed E-state index contributed by atoms with van der Waals surface area (Å²) in [4.78, 5) is 24.5. The van der Waals surface area contributed by atoms with Gasteiger partial charge in [0.15, 0.2) is 5.78 Å².